The van der Waals surface area contributed by atoms with E-state index in [4.69, 9.17) is 0 Å². The van der Waals surface area contributed by atoms with Crippen LogP contribution in [0.5, 0.6) is 0 Å². The zero-order valence-corrected chi connectivity index (χ0v) is 12.0. The second kappa shape index (κ2) is 6.93. The third kappa shape index (κ3) is 3.72. The van der Waals surface area contributed by atoms with Crippen LogP contribution in [0, 0.1) is 0 Å². The smallest absolute Gasteiger partial charge is 0.325 e. The number of urea groups is 2. The summed E-state index contributed by atoms with van der Waals surface area (Å²) in [5, 5.41) is 7.89. The highest BCUT2D eigenvalue weighted by Crippen LogP contribution is 2.20. The fraction of sp³-hybridized carbons (Fsp3) is 0.615. The minimum Gasteiger partial charge on any atom is -0.338 e. The second-order valence-corrected chi connectivity index (χ2v) is 4.85. The summed E-state index contributed by atoms with van der Waals surface area (Å²) in [6.45, 7) is 8.14. The number of carbonyl (C=O) groups is 3. The number of hydrogen-bond acceptors (Lipinski definition) is 3. The maximum absolute atomic E-state index is 12.1. The van der Waals surface area contributed by atoms with Crippen LogP contribution >= 0.6 is 0 Å². The van der Waals surface area contributed by atoms with Crippen LogP contribution in [0.25, 0.3) is 0 Å². The van der Waals surface area contributed by atoms with Gasteiger partial charge in [0, 0.05) is 19.6 Å². The molecular weight excluding hydrogens is 260 g/mol. The Hall–Kier alpha value is -2.05. The van der Waals surface area contributed by atoms with Gasteiger partial charge in [0.2, 0.25) is 0 Å². The van der Waals surface area contributed by atoms with Gasteiger partial charge in [-0.05, 0) is 19.8 Å². The molecule has 0 aliphatic carbocycles. The molecule has 1 heterocycles. The molecule has 5 amide bonds. The van der Waals surface area contributed by atoms with Crippen LogP contribution in [0.3, 0.4) is 0 Å². The SMILES string of the molecule is C=CCNC(=O)NCCCN1C(=O)N[C@](C)(CC)C1=O. The Labute approximate surface area is 118 Å². The molecule has 0 unspecified atom stereocenters. The molecule has 1 aliphatic rings. The predicted molar refractivity (Wildman–Crippen MR) is 75.2 cm³/mol. The number of rotatable bonds is 7. The monoisotopic (exact) mass is 282 g/mol. The van der Waals surface area contributed by atoms with Crippen LogP contribution in [0.4, 0.5) is 9.59 Å². The molecule has 1 fully saturated rings. The summed E-state index contributed by atoms with van der Waals surface area (Å²) in [4.78, 5) is 36.2. The summed E-state index contributed by atoms with van der Waals surface area (Å²) in [6.07, 6.45) is 2.65. The molecule has 0 aromatic carbocycles. The maximum Gasteiger partial charge on any atom is 0.325 e. The van der Waals surface area contributed by atoms with Gasteiger partial charge in [-0.3, -0.25) is 9.69 Å². The van der Waals surface area contributed by atoms with E-state index >= 15 is 0 Å². The highest BCUT2D eigenvalue weighted by molar-refractivity contribution is 6.06. The summed E-state index contributed by atoms with van der Waals surface area (Å²) in [6, 6.07) is -0.657. The van der Waals surface area contributed by atoms with Crippen LogP contribution < -0.4 is 16.0 Å². The standard InChI is InChI=1S/C13H22N4O3/c1-4-7-14-11(19)15-8-6-9-17-10(18)13(3,5-2)16-12(17)20/h4H,1,5-9H2,2-3H3,(H,16,20)(H2,14,15,19)/t13-/m1/s1. The molecule has 7 nitrogen and oxygen atoms in total. The molecule has 7 heteroatoms. The van der Waals surface area contributed by atoms with Gasteiger partial charge in [0.05, 0.1) is 0 Å². The topological polar surface area (TPSA) is 90.5 Å². The number of imide groups is 1. The lowest BCUT2D eigenvalue weighted by Gasteiger charge is -2.19. The number of nitrogens with one attached hydrogen (secondary N) is 3. The molecule has 0 bridgehead atoms. The highest BCUT2D eigenvalue weighted by atomic mass is 16.2. The molecular formula is C13H22N4O3. The predicted octanol–water partition coefficient (Wildman–Crippen LogP) is 0.582. The van der Waals surface area contributed by atoms with E-state index in [1.165, 1.54) is 4.90 Å². The van der Waals surface area contributed by atoms with Gasteiger partial charge in [0.1, 0.15) is 5.54 Å². The Balaban J connectivity index is 2.32. The van der Waals surface area contributed by atoms with Gasteiger partial charge < -0.3 is 16.0 Å². The van der Waals surface area contributed by atoms with Crippen molar-refractivity contribution in [2.75, 3.05) is 19.6 Å². The first-order chi connectivity index (χ1) is 9.44. The fourth-order valence-corrected chi connectivity index (χ4v) is 1.86. The van der Waals surface area contributed by atoms with Crippen LogP contribution in [0.2, 0.25) is 0 Å². The molecule has 1 rings (SSSR count). The lowest BCUT2D eigenvalue weighted by Crippen LogP contribution is -2.43. The average molecular weight is 282 g/mol. The first kappa shape index (κ1) is 16.0. The van der Waals surface area contributed by atoms with E-state index in [9.17, 15) is 14.4 Å². The zero-order valence-electron chi connectivity index (χ0n) is 12.0. The zero-order chi connectivity index (χ0) is 15.2. The van der Waals surface area contributed by atoms with Crippen molar-refractivity contribution in [2.24, 2.45) is 0 Å². The van der Waals surface area contributed by atoms with E-state index in [1.807, 2.05) is 6.92 Å². The normalized spacial score (nSPS) is 21.6. The largest absolute Gasteiger partial charge is 0.338 e. The van der Waals surface area contributed by atoms with Crippen molar-refractivity contribution in [3.8, 4) is 0 Å². The second-order valence-electron chi connectivity index (χ2n) is 4.85. The van der Waals surface area contributed by atoms with Crippen molar-refractivity contribution in [2.45, 2.75) is 32.2 Å². The Morgan fingerprint density at radius 3 is 2.70 bits per heavy atom. The van der Waals surface area contributed by atoms with E-state index in [0.717, 1.165) is 0 Å². The van der Waals surface area contributed by atoms with Gasteiger partial charge in [-0.2, -0.15) is 0 Å². The molecule has 0 aromatic rings. The van der Waals surface area contributed by atoms with Crippen molar-refractivity contribution in [1.29, 1.82) is 0 Å². The van der Waals surface area contributed by atoms with Gasteiger partial charge in [-0.15, -0.1) is 6.58 Å². The molecule has 0 radical (unpaired) electrons. The van der Waals surface area contributed by atoms with Crippen molar-refractivity contribution < 1.29 is 14.4 Å². The molecule has 112 valence electrons. The van der Waals surface area contributed by atoms with Crippen LogP contribution in [-0.2, 0) is 4.79 Å². The highest BCUT2D eigenvalue weighted by Gasteiger charge is 2.45. The van der Waals surface area contributed by atoms with Gasteiger partial charge in [0.25, 0.3) is 5.91 Å². The lowest BCUT2D eigenvalue weighted by atomic mass is 9.99. The minimum atomic E-state index is -0.800. The van der Waals surface area contributed by atoms with E-state index in [-0.39, 0.29) is 18.0 Å². The van der Waals surface area contributed by atoms with Crippen LogP contribution in [0.15, 0.2) is 12.7 Å². The minimum absolute atomic E-state index is 0.207. The van der Waals surface area contributed by atoms with Gasteiger partial charge in [-0.25, -0.2) is 9.59 Å². The molecule has 0 saturated carbocycles. The van der Waals surface area contributed by atoms with Gasteiger partial charge in [0.15, 0.2) is 0 Å². The maximum atomic E-state index is 12.1. The lowest BCUT2D eigenvalue weighted by molar-refractivity contribution is -0.130. The Morgan fingerprint density at radius 1 is 1.45 bits per heavy atom. The number of carbonyl (C=O) groups excluding carboxylic acids is 3. The Morgan fingerprint density at radius 2 is 2.15 bits per heavy atom. The molecule has 1 atom stereocenters. The van der Waals surface area contributed by atoms with Crippen molar-refractivity contribution in [3.63, 3.8) is 0 Å². The molecule has 20 heavy (non-hydrogen) atoms. The summed E-state index contributed by atoms with van der Waals surface area (Å²) < 4.78 is 0. The van der Waals surface area contributed by atoms with E-state index < -0.39 is 5.54 Å². The van der Waals surface area contributed by atoms with Crippen molar-refractivity contribution in [3.05, 3.63) is 12.7 Å². The number of nitrogens with zero attached hydrogens (tertiary/aromatic N) is 1. The molecule has 1 aliphatic heterocycles. The summed E-state index contributed by atoms with van der Waals surface area (Å²) >= 11 is 0. The quantitative estimate of drug-likeness (QED) is 0.362. The summed E-state index contributed by atoms with van der Waals surface area (Å²) in [5.74, 6) is -0.207. The van der Waals surface area contributed by atoms with Gasteiger partial charge >= 0.3 is 12.1 Å². The molecule has 1 saturated heterocycles. The van der Waals surface area contributed by atoms with E-state index in [0.29, 0.717) is 32.5 Å². The first-order valence-electron chi connectivity index (χ1n) is 6.71. The third-order valence-corrected chi connectivity index (χ3v) is 3.30. The first-order valence-corrected chi connectivity index (χ1v) is 6.71. The molecule has 0 aromatic heterocycles. The fourth-order valence-electron chi connectivity index (χ4n) is 1.86. The van der Waals surface area contributed by atoms with Crippen LogP contribution in [-0.4, -0.2) is 48.0 Å². The van der Waals surface area contributed by atoms with Crippen LogP contribution in [0.1, 0.15) is 26.7 Å². The molecule has 0 spiro atoms. The number of amides is 5. The number of hydrogen-bond donors (Lipinski definition) is 3. The summed E-state index contributed by atoms with van der Waals surface area (Å²) in [5.41, 5.74) is -0.800. The van der Waals surface area contributed by atoms with Crippen molar-refractivity contribution in [1.82, 2.24) is 20.9 Å². The van der Waals surface area contributed by atoms with E-state index in [1.54, 1.807) is 13.0 Å². The van der Waals surface area contributed by atoms with E-state index in [2.05, 4.69) is 22.5 Å². The third-order valence-electron chi connectivity index (χ3n) is 3.30. The summed E-state index contributed by atoms with van der Waals surface area (Å²) in [7, 11) is 0. The molecule has 3 N–H and O–H groups in total. The van der Waals surface area contributed by atoms with Crippen molar-refractivity contribution >= 4 is 18.0 Å². The average Bonchev–Trinajstić information content (AvgIpc) is 2.64. The Kier molecular flexibility index (Phi) is 5.54. The Bertz CT molecular complexity index is 410. The van der Waals surface area contributed by atoms with Gasteiger partial charge in [-0.1, -0.05) is 13.0 Å².